The predicted octanol–water partition coefficient (Wildman–Crippen LogP) is 3.32. The summed E-state index contributed by atoms with van der Waals surface area (Å²) in [6.07, 6.45) is -1.56. The van der Waals surface area contributed by atoms with Gasteiger partial charge in [-0.3, -0.25) is 14.5 Å². The van der Waals surface area contributed by atoms with E-state index in [-0.39, 0.29) is 34.6 Å². The van der Waals surface area contributed by atoms with Crippen molar-refractivity contribution in [3.05, 3.63) is 47.5 Å². The molecule has 2 N–H and O–H groups in total. The van der Waals surface area contributed by atoms with E-state index in [4.69, 9.17) is 4.74 Å². The van der Waals surface area contributed by atoms with Gasteiger partial charge in [0.2, 0.25) is 15.9 Å². The van der Waals surface area contributed by atoms with Crippen molar-refractivity contribution in [2.24, 2.45) is 0 Å². The maximum absolute atomic E-state index is 12.9. The number of carbonyl (C=O) groups is 1. The van der Waals surface area contributed by atoms with Crippen LogP contribution in [0.1, 0.15) is 25.2 Å². The first-order valence-corrected chi connectivity index (χ1v) is 12.5. The van der Waals surface area contributed by atoms with E-state index in [1.807, 2.05) is 0 Å². The first-order chi connectivity index (χ1) is 16.3. The fourth-order valence-electron chi connectivity index (χ4n) is 2.63. The highest BCUT2D eigenvalue weighted by molar-refractivity contribution is 7.92. The zero-order chi connectivity index (χ0) is 25.9. The van der Waals surface area contributed by atoms with Gasteiger partial charge in [0.15, 0.2) is 10.8 Å². The third-order valence-electron chi connectivity index (χ3n) is 4.74. The van der Waals surface area contributed by atoms with Crippen LogP contribution in [0.4, 0.5) is 24.1 Å². The van der Waals surface area contributed by atoms with Crippen LogP contribution in [-0.4, -0.2) is 53.7 Å². The molecule has 10 nitrogen and oxygen atoms in total. The summed E-state index contributed by atoms with van der Waals surface area (Å²) in [5.74, 6) is -0.561. The molecule has 3 heterocycles. The quantitative estimate of drug-likeness (QED) is 0.430. The van der Waals surface area contributed by atoms with Crippen LogP contribution < -0.4 is 10.0 Å². The lowest BCUT2D eigenvalue weighted by Gasteiger charge is -2.21. The Morgan fingerprint density at radius 2 is 1.86 bits per heavy atom. The fourth-order valence-corrected chi connectivity index (χ4v) is 4.73. The molecule has 0 unspecified atom stereocenters. The van der Waals surface area contributed by atoms with E-state index in [1.165, 1.54) is 31.6 Å². The zero-order valence-corrected chi connectivity index (χ0v) is 20.4. The van der Waals surface area contributed by atoms with Gasteiger partial charge < -0.3 is 10.1 Å². The number of hydrogen-bond donors (Lipinski definition) is 2. The number of nitrogens with one attached hydrogen (secondary N) is 2. The van der Waals surface area contributed by atoms with Crippen molar-refractivity contribution in [1.29, 1.82) is 0 Å². The SMILES string of the molecule is COCCS(=O)(=O)Nc1nc(C(C)(C)C(=O)Nc2ccc(-c3cncc(C(F)(F)F)n3)cn2)cs1. The second-order valence-corrected chi connectivity index (χ2v) is 10.5. The number of nitrogens with zero attached hydrogens (tertiary/aromatic N) is 4. The van der Waals surface area contributed by atoms with Crippen LogP contribution in [0.3, 0.4) is 0 Å². The molecular formula is C20H21F3N6O4S2. The number of hydrogen-bond acceptors (Lipinski definition) is 9. The Labute approximate surface area is 203 Å². The van der Waals surface area contributed by atoms with E-state index in [9.17, 15) is 26.4 Å². The Kier molecular flexibility index (Phi) is 7.71. The monoisotopic (exact) mass is 530 g/mol. The predicted molar refractivity (Wildman–Crippen MR) is 123 cm³/mol. The van der Waals surface area contributed by atoms with E-state index in [0.717, 1.165) is 11.3 Å². The number of alkyl halides is 3. The number of anilines is 2. The number of pyridine rings is 1. The number of halogens is 3. The van der Waals surface area contributed by atoms with Crippen LogP contribution in [-0.2, 0) is 31.1 Å². The number of sulfonamides is 1. The highest BCUT2D eigenvalue weighted by Crippen LogP contribution is 2.30. The molecule has 3 rings (SSSR count). The maximum atomic E-state index is 12.9. The molecule has 3 aromatic heterocycles. The summed E-state index contributed by atoms with van der Waals surface area (Å²) in [5.41, 5.74) is -1.68. The number of methoxy groups -OCH3 is 1. The molecule has 188 valence electrons. The van der Waals surface area contributed by atoms with E-state index in [1.54, 1.807) is 19.2 Å². The highest BCUT2D eigenvalue weighted by Gasteiger charge is 2.34. The van der Waals surface area contributed by atoms with Crippen molar-refractivity contribution < 1.29 is 31.1 Å². The van der Waals surface area contributed by atoms with Crippen LogP contribution in [0, 0.1) is 0 Å². The summed E-state index contributed by atoms with van der Waals surface area (Å²) in [7, 11) is -2.26. The minimum Gasteiger partial charge on any atom is -0.384 e. The number of amides is 1. The van der Waals surface area contributed by atoms with Gasteiger partial charge in [-0.15, -0.1) is 11.3 Å². The molecule has 1 amide bonds. The van der Waals surface area contributed by atoms with Crippen LogP contribution in [0.15, 0.2) is 36.1 Å². The molecule has 3 aromatic rings. The van der Waals surface area contributed by atoms with E-state index < -0.39 is 33.2 Å². The number of rotatable bonds is 9. The second kappa shape index (κ2) is 10.2. The second-order valence-electron chi connectivity index (χ2n) is 7.75. The molecule has 0 fully saturated rings. The Balaban J connectivity index is 1.70. The topological polar surface area (TPSA) is 136 Å². The van der Waals surface area contributed by atoms with Gasteiger partial charge in [0.05, 0.1) is 41.6 Å². The zero-order valence-electron chi connectivity index (χ0n) is 18.8. The molecular weight excluding hydrogens is 509 g/mol. The summed E-state index contributed by atoms with van der Waals surface area (Å²) in [4.78, 5) is 28.3. The molecule has 0 aliphatic carbocycles. The van der Waals surface area contributed by atoms with E-state index in [0.29, 0.717) is 11.9 Å². The molecule has 0 bridgehead atoms. The average molecular weight is 531 g/mol. The summed E-state index contributed by atoms with van der Waals surface area (Å²) < 4.78 is 69.7. The van der Waals surface area contributed by atoms with Crippen LogP contribution >= 0.6 is 11.3 Å². The molecule has 35 heavy (non-hydrogen) atoms. The van der Waals surface area contributed by atoms with E-state index in [2.05, 4.69) is 30.0 Å². The Morgan fingerprint density at radius 3 is 2.49 bits per heavy atom. The minimum absolute atomic E-state index is 0.0199. The van der Waals surface area contributed by atoms with Gasteiger partial charge in [-0.1, -0.05) is 0 Å². The number of aromatic nitrogens is 4. The molecule has 0 saturated heterocycles. The maximum Gasteiger partial charge on any atom is 0.434 e. The standard InChI is InChI=1S/C20H21F3N6O4S2/c1-19(2,15-11-34-18(27-15)29-35(31,32)7-6-33-3)17(30)28-16-5-4-12(8-25-16)13-9-24-10-14(26-13)20(21,22)23/h4-5,8-11H,6-7H2,1-3H3,(H,27,29)(H,25,28,30). The molecule has 0 atom stereocenters. The summed E-state index contributed by atoms with van der Waals surface area (Å²) >= 11 is 1.03. The third kappa shape index (κ3) is 6.70. The molecule has 0 aliphatic rings. The third-order valence-corrected chi connectivity index (χ3v) is 6.83. The van der Waals surface area contributed by atoms with Gasteiger partial charge in [-0.25, -0.2) is 23.4 Å². The van der Waals surface area contributed by atoms with Crippen LogP contribution in [0.5, 0.6) is 0 Å². The molecule has 0 aromatic carbocycles. The number of thiazole rings is 1. The van der Waals surface area contributed by atoms with E-state index >= 15 is 0 Å². The first-order valence-electron chi connectivity index (χ1n) is 9.94. The van der Waals surface area contributed by atoms with Crippen molar-refractivity contribution in [2.75, 3.05) is 29.5 Å². The highest BCUT2D eigenvalue weighted by atomic mass is 32.2. The Morgan fingerprint density at radius 1 is 1.11 bits per heavy atom. The smallest absolute Gasteiger partial charge is 0.384 e. The summed E-state index contributed by atoms with van der Waals surface area (Å²) in [6.45, 7) is 3.23. The van der Waals surface area contributed by atoms with Gasteiger partial charge in [0, 0.05) is 24.3 Å². The van der Waals surface area contributed by atoms with Crippen molar-refractivity contribution in [1.82, 2.24) is 19.9 Å². The van der Waals surface area contributed by atoms with Crippen molar-refractivity contribution in [2.45, 2.75) is 25.4 Å². The lowest BCUT2D eigenvalue weighted by Crippen LogP contribution is -2.35. The number of ether oxygens (including phenoxy) is 1. The van der Waals surface area contributed by atoms with Gasteiger partial charge in [0.1, 0.15) is 5.82 Å². The molecule has 0 radical (unpaired) electrons. The van der Waals surface area contributed by atoms with Crippen LogP contribution in [0.2, 0.25) is 0 Å². The first kappa shape index (κ1) is 26.4. The van der Waals surface area contributed by atoms with Crippen molar-refractivity contribution in [3.63, 3.8) is 0 Å². The van der Waals surface area contributed by atoms with Crippen LogP contribution in [0.25, 0.3) is 11.3 Å². The molecule has 15 heteroatoms. The van der Waals surface area contributed by atoms with Gasteiger partial charge in [-0.2, -0.15) is 13.2 Å². The Bertz CT molecular complexity index is 1290. The largest absolute Gasteiger partial charge is 0.434 e. The average Bonchev–Trinajstić information content (AvgIpc) is 3.26. The fraction of sp³-hybridized carbons (Fsp3) is 0.350. The summed E-state index contributed by atoms with van der Waals surface area (Å²) in [6, 6.07) is 2.87. The van der Waals surface area contributed by atoms with Crippen molar-refractivity contribution >= 4 is 38.2 Å². The lowest BCUT2D eigenvalue weighted by atomic mass is 9.89. The van der Waals surface area contributed by atoms with Gasteiger partial charge in [0.25, 0.3) is 0 Å². The summed E-state index contributed by atoms with van der Waals surface area (Å²) in [5, 5.41) is 4.30. The molecule has 0 saturated carbocycles. The number of carbonyl (C=O) groups excluding carboxylic acids is 1. The Hall–Kier alpha value is -3.17. The normalized spacial score (nSPS) is 12.4. The molecule has 0 aliphatic heterocycles. The minimum atomic E-state index is -4.63. The molecule has 0 spiro atoms. The lowest BCUT2D eigenvalue weighted by molar-refractivity contribution is -0.141. The van der Waals surface area contributed by atoms with Gasteiger partial charge >= 0.3 is 6.18 Å². The van der Waals surface area contributed by atoms with Gasteiger partial charge in [-0.05, 0) is 26.0 Å². The van der Waals surface area contributed by atoms with Crippen molar-refractivity contribution in [3.8, 4) is 11.3 Å².